The Kier molecular flexibility index (Phi) is 4.21. The molecule has 0 aromatic carbocycles. The van der Waals surface area contributed by atoms with Crippen molar-refractivity contribution in [3.63, 3.8) is 0 Å². The third kappa shape index (κ3) is 2.81. The minimum Gasteiger partial charge on any atom is -0.339 e. The second-order valence-corrected chi connectivity index (χ2v) is 6.13. The summed E-state index contributed by atoms with van der Waals surface area (Å²) in [6, 6.07) is 3.97. The van der Waals surface area contributed by atoms with Crippen LogP contribution in [0.25, 0.3) is 5.65 Å². The Morgan fingerprint density at radius 3 is 2.90 bits per heavy atom. The topological polar surface area (TPSA) is 45.5 Å². The first-order chi connectivity index (χ1) is 9.78. The molecule has 0 aliphatic carbocycles. The van der Waals surface area contributed by atoms with E-state index < -0.39 is 0 Å². The maximum atomic E-state index is 4.64. The van der Waals surface area contributed by atoms with Crippen molar-refractivity contribution in [3.8, 4) is 0 Å². The highest BCUT2D eigenvalue weighted by molar-refractivity contribution is 9.10. The Morgan fingerprint density at radius 1 is 1.40 bits per heavy atom. The van der Waals surface area contributed by atoms with E-state index in [0.29, 0.717) is 0 Å². The lowest BCUT2D eigenvalue weighted by Gasteiger charge is -2.31. The molecule has 1 aliphatic heterocycles. The quantitative estimate of drug-likeness (QED) is 0.929. The normalized spacial score (nSPS) is 17.0. The van der Waals surface area contributed by atoms with E-state index in [-0.39, 0.29) is 0 Å². The summed E-state index contributed by atoms with van der Waals surface area (Å²) < 4.78 is 2.82. The largest absolute Gasteiger partial charge is 0.339 e. The van der Waals surface area contributed by atoms with Crippen molar-refractivity contribution < 1.29 is 0 Å². The molecule has 0 radical (unpaired) electrons. The Hall–Kier alpha value is -1.14. The van der Waals surface area contributed by atoms with Crippen molar-refractivity contribution in [2.45, 2.75) is 19.8 Å². The van der Waals surface area contributed by atoms with Crippen LogP contribution in [0.1, 0.15) is 19.8 Å². The second-order valence-electron chi connectivity index (χ2n) is 5.27. The van der Waals surface area contributed by atoms with Crippen LogP contribution in [0.3, 0.4) is 0 Å². The van der Waals surface area contributed by atoms with E-state index in [4.69, 9.17) is 0 Å². The fourth-order valence-electron chi connectivity index (χ4n) is 2.68. The summed E-state index contributed by atoms with van der Waals surface area (Å²) in [5.74, 6) is 1.63. The van der Waals surface area contributed by atoms with E-state index in [2.05, 4.69) is 43.2 Å². The number of hydrogen-bond acceptors (Lipinski definition) is 4. The number of nitrogens with zero attached hydrogens (tertiary/aromatic N) is 4. The van der Waals surface area contributed by atoms with Crippen molar-refractivity contribution in [1.29, 1.82) is 0 Å². The van der Waals surface area contributed by atoms with E-state index in [0.717, 1.165) is 48.2 Å². The summed E-state index contributed by atoms with van der Waals surface area (Å²) >= 11 is 3.52. The molecule has 20 heavy (non-hydrogen) atoms. The maximum absolute atomic E-state index is 4.64. The number of piperidine rings is 1. The SMILES string of the molecule is CCNCC1CCN(c2nc3c(Br)cccn3n2)CC1. The zero-order valence-corrected chi connectivity index (χ0v) is 13.3. The minimum atomic E-state index is 0.787. The average Bonchev–Trinajstić information content (AvgIpc) is 2.91. The first kappa shape index (κ1) is 13.8. The summed E-state index contributed by atoms with van der Waals surface area (Å²) in [5.41, 5.74) is 0.886. The van der Waals surface area contributed by atoms with Crippen molar-refractivity contribution in [3.05, 3.63) is 22.8 Å². The van der Waals surface area contributed by atoms with Gasteiger partial charge in [-0.25, -0.2) is 4.52 Å². The van der Waals surface area contributed by atoms with Gasteiger partial charge in [0.05, 0.1) is 4.47 Å². The Balaban J connectivity index is 1.69. The van der Waals surface area contributed by atoms with E-state index in [9.17, 15) is 0 Å². The monoisotopic (exact) mass is 337 g/mol. The van der Waals surface area contributed by atoms with Crippen LogP contribution in [-0.2, 0) is 0 Å². The Morgan fingerprint density at radius 2 is 2.20 bits per heavy atom. The van der Waals surface area contributed by atoms with Crippen LogP contribution in [0, 0.1) is 5.92 Å². The number of fused-ring (bicyclic) bond motifs is 1. The predicted octanol–water partition coefficient (Wildman–Crippen LogP) is 2.32. The predicted molar refractivity (Wildman–Crippen MR) is 84.2 cm³/mol. The van der Waals surface area contributed by atoms with E-state index in [1.807, 2.05) is 22.8 Å². The maximum Gasteiger partial charge on any atom is 0.245 e. The van der Waals surface area contributed by atoms with Gasteiger partial charge in [0.25, 0.3) is 0 Å². The molecule has 0 spiro atoms. The van der Waals surface area contributed by atoms with E-state index in [1.165, 1.54) is 12.8 Å². The molecule has 6 heteroatoms. The molecule has 0 unspecified atom stereocenters. The smallest absolute Gasteiger partial charge is 0.245 e. The van der Waals surface area contributed by atoms with Crippen LogP contribution >= 0.6 is 15.9 Å². The van der Waals surface area contributed by atoms with Gasteiger partial charge in [0.1, 0.15) is 0 Å². The van der Waals surface area contributed by atoms with Crippen LogP contribution in [0.15, 0.2) is 22.8 Å². The fraction of sp³-hybridized carbons (Fsp3) is 0.571. The number of aromatic nitrogens is 3. The van der Waals surface area contributed by atoms with Crippen LogP contribution in [0.4, 0.5) is 5.95 Å². The van der Waals surface area contributed by atoms with Crippen molar-refractivity contribution in [2.75, 3.05) is 31.1 Å². The molecule has 0 amide bonds. The summed E-state index contributed by atoms with van der Waals surface area (Å²) in [5, 5.41) is 8.01. The molecule has 0 saturated carbocycles. The van der Waals surface area contributed by atoms with E-state index >= 15 is 0 Å². The third-order valence-electron chi connectivity index (χ3n) is 3.88. The van der Waals surface area contributed by atoms with Gasteiger partial charge in [-0.05, 0) is 59.9 Å². The van der Waals surface area contributed by atoms with Crippen molar-refractivity contribution >= 4 is 27.5 Å². The van der Waals surface area contributed by atoms with Crippen molar-refractivity contribution in [2.24, 2.45) is 5.92 Å². The average molecular weight is 338 g/mol. The molecule has 5 nitrogen and oxygen atoms in total. The van der Waals surface area contributed by atoms with Gasteiger partial charge >= 0.3 is 0 Å². The highest BCUT2D eigenvalue weighted by Gasteiger charge is 2.21. The summed E-state index contributed by atoms with van der Waals surface area (Å²) in [6.45, 7) is 6.44. The summed E-state index contributed by atoms with van der Waals surface area (Å²) in [6.07, 6.45) is 4.36. The molecule has 1 fully saturated rings. The van der Waals surface area contributed by atoms with Crippen LogP contribution in [0.2, 0.25) is 0 Å². The Bertz CT molecular complexity index is 574. The number of pyridine rings is 1. The lowest BCUT2D eigenvalue weighted by atomic mass is 9.97. The first-order valence-electron chi connectivity index (χ1n) is 7.24. The van der Waals surface area contributed by atoms with Crippen LogP contribution in [-0.4, -0.2) is 40.8 Å². The number of hydrogen-bond donors (Lipinski definition) is 1. The lowest BCUT2D eigenvalue weighted by Crippen LogP contribution is -2.37. The van der Waals surface area contributed by atoms with Gasteiger partial charge in [-0.3, -0.25) is 0 Å². The highest BCUT2D eigenvalue weighted by Crippen LogP contribution is 2.23. The number of anilines is 1. The summed E-state index contributed by atoms with van der Waals surface area (Å²) in [7, 11) is 0. The number of nitrogens with one attached hydrogen (secondary N) is 1. The van der Waals surface area contributed by atoms with E-state index in [1.54, 1.807) is 0 Å². The van der Waals surface area contributed by atoms with Gasteiger partial charge in [0.2, 0.25) is 5.95 Å². The zero-order chi connectivity index (χ0) is 13.9. The van der Waals surface area contributed by atoms with Crippen LogP contribution < -0.4 is 10.2 Å². The van der Waals surface area contributed by atoms with Gasteiger partial charge in [-0.2, -0.15) is 4.98 Å². The molecule has 2 aromatic heterocycles. The number of halogens is 1. The molecule has 1 N–H and O–H groups in total. The second kappa shape index (κ2) is 6.10. The molecule has 3 rings (SSSR count). The minimum absolute atomic E-state index is 0.787. The van der Waals surface area contributed by atoms with Crippen LogP contribution in [0.5, 0.6) is 0 Å². The van der Waals surface area contributed by atoms with Gasteiger partial charge < -0.3 is 10.2 Å². The molecular formula is C14H20BrN5. The zero-order valence-electron chi connectivity index (χ0n) is 11.7. The lowest BCUT2D eigenvalue weighted by molar-refractivity contribution is 0.384. The molecule has 0 bridgehead atoms. The molecule has 3 heterocycles. The molecule has 1 aliphatic rings. The van der Waals surface area contributed by atoms with Gasteiger partial charge in [-0.15, -0.1) is 5.10 Å². The van der Waals surface area contributed by atoms with Crippen molar-refractivity contribution in [1.82, 2.24) is 19.9 Å². The highest BCUT2D eigenvalue weighted by atomic mass is 79.9. The molecule has 0 atom stereocenters. The number of rotatable bonds is 4. The van der Waals surface area contributed by atoms with Gasteiger partial charge in [-0.1, -0.05) is 6.92 Å². The molecule has 2 aromatic rings. The van der Waals surface area contributed by atoms with Gasteiger partial charge in [0, 0.05) is 19.3 Å². The fourth-order valence-corrected chi connectivity index (χ4v) is 3.10. The Labute approximate surface area is 127 Å². The first-order valence-corrected chi connectivity index (χ1v) is 8.03. The molecule has 108 valence electrons. The third-order valence-corrected chi connectivity index (χ3v) is 4.50. The standard InChI is InChI=1S/C14H20BrN5/c1-2-16-10-11-5-8-19(9-6-11)14-17-13-12(15)4-3-7-20(13)18-14/h3-4,7,11,16H,2,5-6,8-10H2,1H3. The molecule has 1 saturated heterocycles. The van der Waals surface area contributed by atoms with Gasteiger partial charge in [0.15, 0.2) is 5.65 Å². The molecular weight excluding hydrogens is 318 g/mol. The summed E-state index contributed by atoms with van der Waals surface area (Å²) in [4.78, 5) is 6.93.